The third-order valence-electron chi connectivity index (χ3n) is 8.48. The molecule has 0 heterocycles. The number of rotatable bonds is 38. The smallest absolute Gasteiger partial charge is 0.462 e. The van der Waals surface area contributed by atoms with Gasteiger partial charge in [0.15, 0.2) is 6.10 Å². The fourth-order valence-electron chi connectivity index (χ4n) is 5.27. The summed E-state index contributed by atoms with van der Waals surface area (Å²) in [6, 6.07) is 0. The maximum atomic E-state index is 12.5. The van der Waals surface area contributed by atoms with E-state index in [4.69, 9.17) is 19.1 Å². The van der Waals surface area contributed by atoms with Crippen LogP contribution in [0.5, 0.6) is 0 Å². The number of aliphatic hydroxyl groups excluding tert-OH is 2. The molecule has 11 heteroatoms. The van der Waals surface area contributed by atoms with Gasteiger partial charge in [0.2, 0.25) is 0 Å². The second-order valence-electron chi connectivity index (χ2n) is 13.7. The highest BCUT2D eigenvalue weighted by Gasteiger charge is 2.27. The molecule has 0 aromatic rings. The molecule has 0 radical (unpaired) electrons. The Labute approximate surface area is 322 Å². The third-order valence-corrected chi connectivity index (χ3v) is 9.43. The summed E-state index contributed by atoms with van der Waals surface area (Å²) in [5.41, 5.74) is 0. The van der Waals surface area contributed by atoms with Gasteiger partial charge >= 0.3 is 19.8 Å². The standard InChI is InChI=1S/C42H75O10P/c1-3-5-7-9-11-13-15-17-19-21-23-25-27-29-31-33-41(45)49-37-40(38-51-53(47,48)50-36-39(44)35-43)52-42(46)34-32-30-28-26-24-22-20-18-16-14-12-10-8-6-4-2/h21-24,27-30,39-40,43-44H,3-20,25-26,31-38H2,1-2H3,(H,47,48)/b23-21-,24-22-,29-27-,30-28-. The van der Waals surface area contributed by atoms with Gasteiger partial charge in [-0.3, -0.25) is 18.6 Å². The topological polar surface area (TPSA) is 149 Å². The molecule has 0 spiro atoms. The SMILES string of the molecule is CCCCCCCCCC/C=C\C/C=C\CCC(=O)OCC(COP(=O)(O)OCC(O)CO)OC(=O)CC/C=C\C/C=C\CCCCCCCCCC. The molecular weight excluding hydrogens is 695 g/mol. The van der Waals surface area contributed by atoms with Gasteiger partial charge in [-0.15, -0.1) is 0 Å². The van der Waals surface area contributed by atoms with E-state index in [0.717, 1.165) is 25.7 Å². The van der Waals surface area contributed by atoms with E-state index in [0.29, 0.717) is 12.8 Å². The number of carbonyl (C=O) groups is 2. The first-order valence-electron chi connectivity index (χ1n) is 20.6. The van der Waals surface area contributed by atoms with E-state index in [1.807, 2.05) is 24.3 Å². The Morgan fingerprint density at radius 2 is 0.981 bits per heavy atom. The zero-order valence-electron chi connectivity index (χ0n) is 33.2. The number of phosphoric ester groups is 1. The molecule has 0 amide bonds. The Kier molecular flexibility index (Phi) is 36.7. The minimum atomic E-state index is -4.64. The van der Waals surface area contributed by atoms with Crippen molar-refractivity contribution in [2.75, 3.05) is 26.4 Å². The van der Waals surface area contributed by atoms with Gasteiger partial charge in [-0.2, -0.15) is 0 Å². The summed E-state index contributed by atoms with van der Waals surface area (Å²) in [5, 5.41) is 18.3. The van der Waals surface area contributed by atoms with E-state index in [2.05, 4.69) is 42.7 Å². The Balaban J connectivity index is 4.49. The van der Waals surface area contributed by atoms with Crippen LogP contribution in [0.15, 0.2) is 48.6 Å². The molecule has 0 fully saturated rings. The monoisotopic (exact) mass is 771 g/mol. The van der Waals surface area contributed by atoms with Crippen LogP contribution in [0.3, 0.4) is 0 Å². The summed E-state index contributed by atoms with van der Waals surface area (Å²) in [6.07, 6.45) is 39.7. The van der Waals surface area contributed by atoms with Crippen LogP contribution in [0, 0.1) is 0 Å². The summed E-state index contributed by atoms with van der Waals surface area (Å²) in [7, 11) is -4.64. The van der Waals surface area contributed by atoms with Gasteiger partial charge in [0.1, 0.15) is 12.7 Å². The second kappa shape index (κ2) is 38.2. The Morgan fingerprint density at radius 3 is 1.45 bits per heavy atom. The van der Waals surface area contributed by atoms with Crippen molar-refractivity contribution in [3.05, 3.63) is 48.6 Å². The van der Waals surface area contributed by atoms with Crippen LogP contribution in [0.25, 0.3) is 0 Å². The van der Waals surface area contributed by atoms with Gasteiger partial charge in [-0.1, -0.05) is 152 Å². The highest BCUT2D eigenvalue weighted by molar-refractivity contribution is 7.47. The van der Waals surface area contributed by atoms with E-state index >= 15 is 0 Å². The van der Waals surface area contributed by atoms with Crippen LogP contribution in [-0.4, -0.2) is 65.7 Å². The highest BCUT2D eigenvalue weighted by atomic mass is 31.2. The lowest BCUT2D eigenvalue weighted by molar-refractivity contribution is -0.161. The maximum absolute atomic E-state index is 12.5. The summed E-state index contributed by atoms with van der Waals surface area (Å²) in [5.74, 6) is -1.08. The van der Waals surface area contributed by atoms with Crippen molar-refractivity contribution >= 4 is 19.8 Å². The van der Waals surface area contributed by atoms with Crippen molar-refractivity contribution in [3.8, 4) is 0 Å². The minimum Gasteiger partial charge on any atom is -0.462 e. The maximum Gasteiger partial charge on any atom is 0.472 e. The molecule has 0 saturated heterocycles. The predicted octanol–water partition coefficient (Wildman–Crippen LogP) is 10.6. The molecular formula is C42H75O10P. The van der Waals surface area contributed by atoms with Crippen LogP contribution >= 0.6 is 7.82 Å². The normalized spacial score (nSPS) is 14.4. The van der Waals surface area contributed by atoms with Gasteiger partial charge in [-0.25, -0.2) is 4.57 Å². The van der Waals surface area contributed by atoms with Crippen LogP contribution in [0.1, 0.15) is 168 Å². The Bertz CT molecular complexity index is 1030. The van der Waals surface area contributed by atoms with Gasteiger partial charge in [0, 0.05) is 12.8 Å². The van der Waals surface area contributed by atoms with Crippen molar-refractivity contribution in [2.24, 2.45) is 0 Å². The molecule has 0 rings (SSSR count). The molecule has 0 aliphatic carbocycles. The largest absolute Gasteiger partial charge is 0.472 e. The first-order chi connectivity index (χ1) is 25.7. The number of hydrogen-bond donors (Lipinski definition) is 3. The molecule has 0 aromatic carbocycles. The number of phosphoric acid groups is 1. The van der Waals surface area contributed by atoms with Crippen LogP contribution in [0.2, 0.25) is 0 Å². The molecule has 53 heavy (non-hydrogen) atoms. The average molecular weight is 771 g/mol. The fraction of sp³-hybridized carbons (Fsp3) is 0.762. The highest BCUT2D eigenvalue weighted by Crippen LogP contribution is 2.43. The lowest BCUT2D eigenvalue weighted by Crippen LogP contribution is -2.29. The van der Waals surface area contributed by atoms with E-state index in [1.54, 1.807) is 0 Å². The lowest BCUT2D eigenvalue weighted by Gasteiger charge is -2.20. The van der Waals surface area contributed by atoms with Crippen molar-refractivity contribution in [1.82, 2.24) is 0 Å². The van der Waals surface area contributed by atoms with Crippen molar-refractivity contribution in [1.29, 1.82) is 0 Å². The molecule has 0 bridgehead atoms. The number of ether oxygens (including phenoxy) is 2. The molecule has 3 unspecified atom stereocenters. The zero-order chi connectivity index (χ0) is 39.1. The van der Waals surface area contributed by atoms with E-state index in [-0.39, 0.29) is 19.4 Å². The zero-order valence-corrected chi connectivity index (χ0v) is 34.1. The molecule has 0 aliphatic rings. The number of carbonyl (C=O) groups excluding carboxylic acids is 2. The number of allylic oxidation sites excluding steroid dienone is 8. The molecule has 308 valence electrons. The average Bonchev–Trinajstić information content (AvgIpc) is 3.14. The van der Waals surface area contributed by atoms with Crippen LogP contribution in [-0.2, 0) is 32.7 Å². The fourth-order valence-corrected chi connectivity index (χ4v) is 6.06. The lowest BCUT2D eigenvalue weighted by atomic mass is 10.1. The van der Waals surface area contributed by atoms with Gasteiger partial charge in [-0.05, 0) is 51.4 Å². The summed E-state index contributed by atoms with van der Waals surface area (Å²) >= 11 is 0. The number of esters is 2. The van der Waals surface area contributed by atoms with E-state index in [1.165, 1.54) is 103 Å². The summed E-state index contributed by atoms with van der Waals surface area (Å²) in [6.45, 7) is 2.24. The number of unbranched alkanes of at least 4 members (excludes halogenated alkanes) is 16. The van der Waals surface area contributed by atoms with Crippen LogP contribution in [0.4, 0.5) is 0 Å². The van der Waals surface area contributed by atoms with Crippen LogP contribution < -0.4 is 0 Å². The van der Waals surface area contributed by atoms with E-state index in [9.17, 15) is 24.2 Å². The minimum absolute atomic E-state index is 0.0667. The molecule has 3 atom stereocenters. The molecule has 0 aromatic heterocycles. The van der Waals surface area contributed by atoms with Gasteiger partial charge in [0.25, 0.3) is 0 Å². The Hall–Kier alpha value is -2.07. The third kappa shape index (κ3) is 38.0. The Morgan fingerprint density at radius 1 is 0.566 bits per heavy atom. The van der Waals surface area contributed by atoms with Crippen molar-refractivity contribution in [3.63, 3.8) is 0 Å². The number of aliphatic hydroxyl groups is 2. The molecule has 3 N–H and O–H groups in total. The summed E-state index contributed by atoms with van der Waals surface area (Å²) < 4.78 is 32.5. The van der Waals surface area contributed by atoms with Crippen molar-refractivity contribution in [2.45, 2.75) is 180 Å². The molecule has 0 saturated carbocycles. The number of hydrogen-bond acceptors (Lipinski definition) is 9. The van der Waals surface area contributed by atoms with Gasteiger partial charge in [0.05, 0.1) is 19.8 Å². The van der Waals surface area contributed by atoms with Crippen molar-refractivity contribution < 1.29 is 47.8 Å². The second-order valence-corrected chi connectivity index (χ2v) is 15.1. The summed E-state index contributed by atoms with van der Waals surface area (Å²) in [4.78, 5) is 34.8. The quantitative estimate of drug-likeness (QED) is 0.0240. The van der Waals surface area contributed by atoms with Gasteiger partial charge < -0.3 is 24.6 Å². The molecule has 10 nitrogen and oxygen atoms in total. The molecule has 0 aliphatic heterocycles. The predicted molar refractivity (Wildman–Crippen MR) is 214 cm³/mol. The first-order valence-corrected chi connectivity index (χ1v) is 22.1. The first kappa shape index (κ1) is 50.9. The van der Waals surface area contributed by atoms with E-state index < -0.39 is 51.8 Å².